The van der Waals surface area contributed by atoms with Gasteiger partial charge >= 0.3 is 5.97 Å². The van der Waals surface area contributed by atoms with Crippen LogP contribution < -0.4 is 5.32 Å². The van der Waals surface area contributed by atoms with Crippen LogP contribution in [0.5, 0.6) is 0 Å². The quantitative estimate of drug-likeness (QED) is 0.756. The molecule has 2 N–H and O–H groups in total. The summed E-state index contributed by atoms with van der Waals surface area (Å²) in [6, 6.07) is 0.587. The number of rotatable bonds is 7. The predicted molar refractivity (Wildman–Crippen MR) is 83.4 cm³/mol. The highest BCUT2D eigenvalue weighted by molar-refractivity contribution is 5.66. The first-order valence-electron chi connectivity index (χ1n) is 8.69. The van der Waals surface area contributed by atoms with E-state index < -0.39 is 5.97 Å². The van der Waals surface area contributed by atoms with E-state index in [2.05, 4.69) is 12.2 Å². The Labute approximate surface area is 128 Å². The highest BCUT2D eigenvalue weighted by Crippen LogP contribution is 2.38. The predicted octanol–water partition coefficient (Wildman–Crippen LogP) is 3.35. The van der Waals surface area contributed by atoms with Crippen LogP contribution in [0.2, 0.25) is 0 Å². The van der Waals surface area contributed by atoms with E-state index in [0.717, 1.165) is 38.8 Å². The lowest BCUT2D eigenvalue weighted by molar-refractivity contribution is -0.137. The van der Waals surface area contributed by atoms with Gasteiger partial charge in [0.1, 0.15) is 0 Å². The maximum atomic E-state index is 10.6. The van der Waals surface area contributed by atoms with Crippen molar-refractivity contribution in [3.05, 3.63) is 0 Å². The molecule has 2 fully saturated rings. The van der Waals surface area contributed by atoms with Gasteiger partial charge in [-0.3, -0.25) is 4.79 Å². The van der Waals surface area contributed by atoms with Crippen LogP contribution in [0.25, 0.3) is 0 Å². The van der Waals surface area contributed by atoms with Crippen molar-refractivity contribution in [1.29, 1.82) is 0 Å². The van der Waals surface area contributed by atoms with Crippen molar-refractivity contribution in [2.75, 3.05) is 13.2 Å². The van der Waals surface area contributed by atoms with Crippen LogP contribution in [0.1, 0.15) is 71.1 Å². The normalized spacial score (nSPS) is 26.6. The molecule has 1 saturated heterocycles. The van der Waals surface area contributed by atoms with Gasteiger partial charge in [-0.25, -0.2) is 0 Å². The molecule has 2 atom stereocenters. The zero-order chi connectivity index (χ0) is 15.1. The molecule has 1 saturated carbocycles. The van der Waals surface area contributed by atoms with Crippen LogP contribution in [-0.2, 0) is 9.53 Å². The molecule has 0 radical (unpaired) electrons. The van der Waals surface area contributed by atoms with Crippen molar-refractivity contribution in [3.63, 3.8) is 0 Å². The molecule has 1 heterocycles. The Bertz CT molecular complexity index is 320. The molecule has 0 aromatic rings. The van der Waals surface area contributed by atoms with E-state index >= 15 is 0 Å². The van der Waals surface area contributed by atoms with Gasteiger partial charge in [0.25, 0.3) is 0 Å². The Hall–Kier alpha value is -0.610. The average Bonchev–Trinajstić information content (AvgIpc) is 2.46. The van der Waals surface area contributed by atoms with Gasteiger partial charge in [-0.2, -0.15) is 0 Å². The molecule has 1 aliphatic carbocycles. The lowest BCUT2D eigenvalue weighted by Crippen LogP contribution is -2.48. The molecule has 1 aliphatic heterocycles. The lowest BCUT2D eigenvalue weighted by atomic mass is 9.78. The monoisotopic (exact) mass is 297 g/mol. The summed E-state index contributed by atoms with van der Waals surface area (Å²) in [4.78, 5) is 10.6. The van der Waals surface area contributed by atoms with Gasteiger partial charge < -0.3 is 15.2 Å². The van der Waals surface area contributed by atoms with E-state index in [0.29, 0.717) is 18.4 Å². The number of aliphatic carboxylic acids is 1. The van der Waals surface area contributed by atoms with E-state index in [1.165, 1.54) is 32.1 Å². The summed E-state index contributed by atoms with van der Waals surface area (Å²) in [5.74, 6) is -0.199. The van der Waals surface area contributed by atoms with Crippen LogP contribution in [0, 0.1) is 5.92 Å². The summed E-state index contributed by atoms with van der Waals surface area (Å²) in [6.07, 6.45) is 10.9. The van der Waals surface area contributed by atoms with Gasteiger partial charge in [0.2, 0.25) is 0 Å². The van der Waals surface area contributed by atoms with Crippen molar-refractivity contribution in [3.8, 4) is 0 Å². The van der Waals surface area contributed by atoms with E-state index in [4.69, 9.17) is 9.84 Å². The molecule has 1 spiro atoms. The molecule has 0 amide bonds. The summed E-state index contributed by atoms with van der Waals surface area (Å²) >= 11 is 0. The molecule has 4 heteroatoms. The molecular formula is C17H31NO3. The van der Waals surface area contributed by atoms with E-state index in [1.807, 2.05) is 0 Å². The molecule has 2 aliphatic rings. The van der Waals surface area contributed by atoms with Crippen LogP contribution in [0.3, 0.4) is 0 Å². The maximum Gasteiger partial charge on any atom is 0.303 e. The van der Waals surface area contributed by atoms with Gasteiger partial charge in [0.05, 0.1) is 5.60 Å². The first-order chi connectivity index (χ1) is 10.1. The van der Waals surface area contributed by atoms with Gasteiger partial charge in [-0.05, 0) is 51.0 Å². The Morgan fingerprint density at radius 3 is 2.81 bits per heavy atom. The molecule has 0 aromatic carbocycles. The first-order valence-corrected chi connectivity index (χ1v) is 8.69. The number of nitrogens with one attached hydrogen (secondary N) is 1. The van der Waals surface area contributed by atoms with Crippen LogP contribution in [0.15, 0.2) is 0 Å². The minimum Gasteiger partial charge on any atom is -0.481 e. The van der Waals surface area contributed by atoms with Crippen molar-refractivity contribution < 1.29 is 14.6 Å². The molecular weight excluding hydrogens is 266 g/mol. The second kappa shape index (κ2) is 8.14. The third-order valence-electron chi connectivity index (χ3n) is 5.18. The molecule has 122 valence electrons. The maximum absolute atomic E-state index is 10.6. The van der Waals surface area contributed by atoms with Gasteiger partial charge in [-0.15, -0.1) is 0 Å². The smallest absolute Gasteiger partial charge is 0.303 e. The summed E-state index contributed by atoms with van der Waals surface area (Å²) in [7, 11) is 0. The third-order valence-corrected chi connectivity index (χ3v) is 5.18. The number of carboxylic acid groups (broad SMARTS) is 1. The number of carboxylic acids is 1. The Balaban J connectivity index is 1.65. The number of hydrogen-bond donors (Lipinski definition) is 2. The molecule has 2 unspecified atom stereocenters. The Morgan fingerprint density at radius 1 is 1.33 bits per heavy atom. The lowest BCUT2D eigenvalue weighted by Gasteiger charge is -2.43. The highest BCUT2D eigenvalue weighted by Gasteiger charge is 2.38. The zero-order valence-corrected chi connectivity index (χ0v) is 13.4. The average molecular weight is 297 g/mol. The van der Waals surface area contributed by atoms with Crippen LogP contribution in [-0.4, -0.2) is 35.9 Å². The minimum atomic E-state index is -0.682. The molecule has 0 bridgehead atoms. The highest BCUT2D eigenvalue weighted by atomic mass is 16.5. The summed E-state index contributed by atoms with van der Waals surface area (Å²) < 4.78 is 6.12. The SMILES string of the molecule is CC(CCNC1CCOC2(CCCCC2)C1)CCC(=O)O. The fourth-order valence-corrected chi connectivity index (χ4v) is 3.79. The molecule has 2 rings (SSSR count). The summed E-state index contributed by atoms with van der Waals surface area (Å²) in [5.41, 5.74) is 0.170. The van der Waals surface area contributed by atoms with Crippen molar-refractivity contribution >= 4 is 5.97 Å². The summed E-state index contributed by atoms with van der Waals surface area (Å²) in [5, 5.41) is 12.4. The first kappa shape index (κ1) is 16.8. The molecule has 0 aromatic heterocycles. The fraction of sp³-hybridized carbons (Fsp3) is 0.941. The molecule has 4 nitrogen and oxygen atoms in total. The standard InChI is InChI=1S/C17H31NO3/c1-14(5-6-16(19)20)7-11-18-15-8-12-21-17(13-15)9-3-2-4-10-17/h14-15,18H,2-13H2,1H3,(H,19,20). The fourth-order valence-electron chi connectivity index (χ4n) is 3.79. The summed E-state index contributed by atoms with van der Waals surface area (Å²) in [6.45, 7) is 4.05. The van der Waals surface area contributed by atoms with E-state index in [1.54, 1.807) is 0 Å². The number of hydrogen-bond acceptors (Lipinski definition) is 3. The van der Waals surface area contributed by atoms with Crippen LogP contribution >= 0.6 is 0 Å². The number of ether oxygens (including phenoxy) is 1. The topological polar surface area (TPSA) is 58.6 Å². The third kappa shape index (κ3) is 5.59. The number of carbonyl (C=O) groups is 1. The van der Waals surface area contributed by atoms with E-state index in [-0.39, 0.29) is 5.60 Å². The zero-order valence-electron chi connectivity index (χ0n) is 13.4. The Kier molecular flexibility index (Phi) is 6.49. The molecule has 21 heavy (non-hydrogen) atoms. The van der Waals surface area contributed by atoms with Crippen molar-refractivity contribution in [2.45, 2.75) is 82.8 Å². The largest absolute Gasteiger partial charge is 0.481 e. The minimum absolute atomic E-state index is 0.170. The second-order valence-electron chi connectivity index (χ2n) is 7.06. The van der Waals surface area contributed by atoms with Gasteiger partial charge in [-0.1, -0.05) is 26.2 Å². The second-order valence-corrected chi connectivity index (χ2v) is 7.06. The van der Waals surface area contributed by atoms with Crippen molar-refractivity contribution in [2.24, 2.45) is 5.92 Å². The Morgan fingerprint density at radius 2 is 2.10 bits per heavy atom. The van der Waals surface area contributed by atoms with Crippen LogP contribution in [0.4, 0.5) is 0 Å². The van der Waals surface area contributed by atoms with Gasteiger partial charge in [0, 0.05) is 19.1 Å². The van der Waals surface area contributed by atoms with Gasteiger partial charge in [0.15, 0.2) is 0 Å². The van der Waals surface area contributed by atoms with E-state index in [9.17, 15) is 4.79 Å². The van der Waals surface area contributed by atoms with Crippen molar-refractivity contribution in [1.82, 2.24) is 5.32 Å².